The van der Waals surface area contributed by atoms with E-state index in [0.717, 1.165) is 0 Å². The average Bonchev–Trinajstić information content (AvgIpc) is 3.27. The van der Waals surface area contributed by atoms with Crippen LogP contribution in [0.2, 0.25) is 0 Å². The molecule has 0 aliphatic carbocycles. The first kappa shape index (κ1) is 24.1. The fourth-order valence-corrected chi connectivity index (χ4v) is 3.77. The van der Waals surface area contributed by atoms with Gasteiger partial charge in [-0.05, 0) is 48.2 Å². The number of hydrogen-bond donors (Lipinski definition) is 0. The number of benzene rings is 2. The molecule has 3 aromatic rings. The van der Waals surface area contributed by atoms with Gasteiger partial charge in [0.1, 0.15) is 29.6 Å². The molecule has 0 aliphatic rings. The summed E-state index contributed by atoms with van der Waals surface area (Å²) in [5.74, 6) is -0.307. The largest absolute Gasteiger partial charge is 0.497 e. The normalized spacial score (nSPS) is 10.6. The third kappa shape index (κ3) is 5.64. The van der Waals surface area contributed by atoms with E-state index in [1.165, 1.54) is 56.3 Å². The lowest BCUT2D eigenvalue weighted by Gasteiger charge is -2.23. The molecule has 1 heterocycles. The van der Waals surface area contributed by atoms with Gasteiger partial charge in [0.2, 0.25) is 0 Å². The fourth-order valence-electron chi connectivity index (χ4n) is 3.23. The van der Waals surface area contributed by atoms with E-state index >= 15 is 0 Å². The summed E-state index contributed by atoms with van der Waals surface area (Å²) < 4.78 is 30.5. The van der Waals surface area contributed by atoms with Gasteiger partial charge in [-0.3, -0.25) is 14.2 Å². The van der Waals surface area contributed by atoms with Crippen molar-refractivity contribution in [3.05, 3.63) is 65.7 Å². The van der Waals surface area contributed by atoms with Crippen LogP contribution in [0.5, 0.6) is 11.5 Å². The number of carbonyl (C=O) groups is 2. The summed E-state index contributed by atoms with van der Waals surface area (Å²) in [6, 6.07) is 11.0. The summed E-state index contributed by atoms with van der Waals surface area (Å²) in [6.07, 6.45) is 3.26. The maximum Gasteiger partial charge on any atom is 0.325 e. The van der Waals surface area contributed by atoms with E-state index in [1.807, 2.05) is 6.26 Å². The van der Waals surface area contributed by atoms with Crippen LogP contribution in [0.1, 0.15) is 16.1 Å². The van der Waals surface area contributed by atoms with Gasteiger partial charge >= 0.3 is 5.97 Å². The number of methoxy groups -OCH3 is 3. The number of halogens is 1. The van der Waals surface area contributed by atoms with E-state index in [4.69, 9.17) is 14.2 Å². The Morgan fingerprint density at radius 2 is 1.70 bits per heavy atom. The Morgan fingerprint density at radius 3 is 2.24 bits per heavy atom. The summed E-state index contributed by atoms with van der Waals surface area (Å²) in [5.41, 5.74) is 1.49. The molecule has 0 saturated heterocycles. The van der Waals surface area contributed by atoms with E-state index in [1.54, 1.807) is 34.9 Å². The molecule has 1 aromatic heterocycles. The summed E-state index contributed by atoms with van der Waals surface area (Å²) in [5, 5.41) is 0.547. The van der Waals surface area contributed by atoms with Crippen LogP contribution < -0.4 is 9.47 Å². The van der Waals surface area contributed by atoms with E-state index in [2.05, 4.69) is 4.98 Å². The van der Waals surface area contributed by atoms with Crippen molar-refractivity contribution in [2.24, 2.45) is 0 Å². The molecular formula is C23H24FN3O5S. The number of aromatic nitrogens is 2. The van der Waals surface area contributed by atoms with Crippen LogP contribution in [0, 0.1) is 5.82 Å². The third-order valence-electron chi connectivity index (χ3n) is 4.84. The molecule has 3 rings (SSSR count). The average molecular weight is 474 g/mol. The van der Waals surface area contributed by atoms with Gasteiger partial charge in [-0.1, -0.05) is 11.8 Å². The number of nitrogens with zero attached hydrogens (tertiary/aromatic N) is 3. The minimum Gasteiger partial charge on any atom is -0.497 e. The van der Waals surface area contributed by atoms with E-state index < -0.39 is 17.7 Å². The number of imidazole rings is 1. The second-order valence-electron chi connectivity index (χ2n) is 6.90. The number of carbonyl (C=O) groups excluding carboxylic acids is 2. The lowest BCUT2D eigenvalue weighted by molar-refractivity contribution is -0.141. The van der Waals surface area contributed by atoms with Gasteiger partial charge in [0.15, 0.2) is 5.16 Å². The van der Waals surface area contributed by atoms with Crippen LogP contribution in [0.4, 0.5) is 4.39 Å². The summed E-state index contributed by atoms with van der Waals surface area (Å²) in [7, 11) is 4.32. The summed E-state index contributed by atoms with van der Waals surface area (Å²) >= 11 is 1.34. The lowest BCUT2D eigenvalue weighted by atomic mass is 10.1. The van der Waals surface area contributed by atoms with Crippen molar-refractivity contribution < 1.29 is 28.2 Å². The molecule has 0 aliphatic heterocycles. The van der Waals surface area contributed by atoms with E-state index in [-0.39, 0.29) is 18.8 Å². The van der Waals surface area contributed by atoms with Gasteiger partial charge in [-0.25, -0.2) is 9.37 Å². The Bertz CT molecular complexity index is 1110. The Labute approximate surface area is 195 Å². The molecule has 0 saturated carbocycles. The molecule has 33 heavy (non-hydrogen) atoms. The molecule has 174 valence electrons. The van der Waals surface area contributed by atoms with Gasteiger partial charge in [-0.2, -0.15) is 0 Å². The zero-order chi connectivity index (χ0) is 24.0. The number of esters is 1. The van der Waals surface area contributed by atoms with Gasteiger partial charge < -0.3 is 19.1 Å². The van der Waals surface area contributed by atoms with Crippen molar-refractivity contribution in [2.75, 3.05) is 34.1 Å². The monoisotopic (exact) mass is 473 g/mol. The highest BCUT2D eigenvalue weighted by Crippen LogP contribution is 2.26. The van der Waals surface area contributed by atoms with Gasteiger partial charge in [0.05, 0.1) is 27.5 Å². The Hall–Kier alpha value is -3.53. The molecule has 1 amide bonds. The van der Waals surface area contributed by atoms with Crippen LogP contribution in [0.15, 0.2) is 53.8 Å². The maximum atomic E-state index is 13.6. The predicted octanol–water partition coefficient (Wildman–Crippen LogP) is 3.57. The highest BCUT2D eigenvalue weighted by molar-refractivity contribution is 7.98. The topological polar surface area (TPSA) is 82.9 Å². The van der Waals surface area contributed by atoms with E-state index in [0.29, 0.717) is 27.9 Å². The van der Waals surface area contributed by atoms with Crippen LogP contribution in [-0.4, -0.2) is 60.5 Å². The Kier molecular flexibility index (Phi) is 7.94. The summed E-state index contributed by atoms with van der Waals surface area (Å²) in [4.78, 5) is 31.4. The second kappa shape index (κ2) is 10.9. The molecular weight excluding hydrogens is 449 g/mol. The molecule has 2 aromatic carbocycles. The molecule has 0 atom stereocenters. The molecule has 0 N–H and O–H groups in total. The van der Waals surface area contributed by atoms with E-state index in [9.17, 15) is 14.0 Å². The minimum absolute atomic E-state index is 0.0880. The second-order valence-corrected chi connectivity index (χ2v) is 7.67. The molecule has 0 unspecified atom stereocenters. The SMILES string of the molecule is COC(=O)CN(Cc1cc(OC)cc(OC)c1)C(=O)c1cnc(SC)n1-c1ccc(F)cc1. The predicted molar refractivity (Wildman–Crippen MR) is 122 cm³/mol. The highest BCUT2D eigenvalue weighted by Gasteiger charge is 2.25. The Balaban J connectivity index is 2.02. The molecule has 0 bridgehead atoms. The minimum atomic E-state index is -0.573. The number of amides is 1. The number of ether oxygens (including phenoxy) is 3. The molecule has 8 nitrogen and oxygen atoms in total. The molecule has 0 fully saturated rings. The van der Waals surface area contributed by atoms with Crippen molar-refractivity contribution in [3.8, 4) is 17.2 Å². The first-order valence-corrected chi connectivity index (χ1v) is 11.1. The number of rotatable bonds is 9. The first-order chi connectivity index (χ1) is 15.9. The van der Waals surface area contributed by atoms with Crippen LogP contribution >= 0.6 is 11.8 Å². The third-order valence-corrected chi connectivity index (χ3v) is 5.49. The zero-order valence-corrected chi connectivity index (χ0v) is 19.5. The van der Waals surface area contributed by atoms with Crippen molar-refractivity contribution in [1.29, 1.82) is 0 Å². The van der Waals surface area contributed by atoms with Gasteiger partial charge in [-0.15, -0.1) is 0 Å². The van der Waals surface area contributed by atoms with Crippen LogP contribution in [0.25, 0.3) is 5.69 Å². The molecule has 10 heteroatoms. The standard InChI is InChI=1S/C23H24FN3O5S/c1-30-18-9-15(10-19(11-18)31-2)13-26(14-21(28)32-3)22(29)20-12-25-23(33-4)27(20)17-7-5-16(24)6-8-17/h5-12H,13-14H2,1-4H3. The van der Waals surface area contributed by atoms with Crippen LogP contribution in [-0.2, 0) is 16.1 Å². The number of hydrogen-bond acceptors (Lipinski definition) is 7. The van der Waals surface area contributed by atoms with Crippen molar-refractivity contribution in [3.63, 3.8) is 0 Å². The van der Waals surface area contributed by atoms with Crippen molar-refractivity contribution in [2.45, 2.75) is 11.7 Å². The lowest BCUT2D eigenvalue weighted by Crippen LogP contribution is -2.36. The number of thioether (sulfide) groups is 1. The summed E-state index contributed by atoms with van der Waals surface area (Å²) in [6.45, 7) is -0.192. The maximum absolute atomic E-state index is 13.6. The first-order valence-electron chi connectivity index (χ1n) is 9.85. The Morgan fingerprint density at radius 1 is 1.06 bits per heavy atom. The molecule has 0 radical (unpaired) electrons. The van der Waals surface area contributed by atoms with Crippen molar-refractivity contribution in [1.82, 2.24) is 14.5 Å². The van der Waals surface area contributed by atoms with Gasteiger partial charge in [0.25, 0.3) is 5.91 Å². The highest BCUT2D eigenvalue weighted by atomic mass is 32.2. The van der Waals surface area contributed by atoms with Crippen molar-refractivity contribution >= 4 is 23.6 Å². The smallest absolute Gasteiger partial charge is 0.325 e. The quantitative estimate of drug-likeness (QED) is 0.347. The van der Waals surface area contributed by atoms with Gasteiger partial charge in [0, 0.05) is 18.3 Å². The zero-order valence-electron chi connectivity index (χ0n) is 18.7. The van der Waals surface area contributed by atoms with Crippen LogP contribution in [0.3, 0.4) is 0 Å². The molecule has 0 spiro atoms. The fraction of sp³-hybridized carbons (Fsp3) is 0.261.